The van der Waals surface area contributed by atoms with Crippen LogP contribution in [0.3, 0.4) is 0 Å². The van der Waals surface area contributed by atoms with Gasteiger partial charge in [-0.3, -0.25) is 0 Å². The fraction of sp³-hybridized carbons (Fsp3) is 0.0690. The van der Waals surface area contributed by atoms with E-state index < -0.39 is 5.41 Å². The number of fused-ring (bicyclic) bond motifs is 16. The molecule has 13 rings (SSSR count). The van der Waals surface area contributed by atoms with Gasteiger partial charge in [0.05, 0.1) is 16.5 Å². The van der Waals surface area contributed by atoms with Gasteiger partial charge in [0, 0.05) is 22.2 Å². The van der Waals surface area contributed by atoms with Gasteiger partial charge in [-0.05, 0) is 126 Å². The average molecular weight is 766 g/mol. The lowest BCUT2D eigenvalue weighted by molar-refractivity contribution is 0.660. The van der Waals surface area contributed by atoms with Crippen LogP contribution in [0.5, 0.6) is 0 Å². The SMILES string of the molecule is CC1(C)c2ccccc2-c2ccc(N(c3ccc4c(c3)C3(c5ccccc5-c5ccccc53)c3cc(-c5ccccc5)ccc3-4)c3cccc4oc5ccccc5c34)cc21. The lowest BCUT2D eigenvalue weighted by atomic mass is 9.70. The van der Waals surface area contributed by atoms with E-state index in [0.717, 1.165) is 39.0 Å². The molecule has 0 N–H and O–H groups in total. The number of benzene rings is 9. The molecular weight excluding hydrogens is 727 g/mol. The van der Waals surface area contributed by atoms with Crippen LogP contribution in [0.4, 0.5) is 17.1 Å². The zero-order valence-corrected chi connectivity index (χ0v) is 33.4. The third kappa shape index (κ3) is 4.32. The third-order valence-electron chi connectivity index (χ3n) is 13.9. The number of furan rings is 1. The Labute approximate surface area is 349 Å². The molecule has 60 heavy (non-hydrogen) atoms. The molecule has 0 bridgehead atoms. The van der Waals surface area contributed by atoms with Gasteiger partial charge in [-0.1, -0.05) is 166 Å². The molecule has 3 aliphatic rings. The second-order valence-corrected chi connectivity index (χ2v) is 17.2. The van der Waals surface area contributed by atoms with Crippen LogP contribution in [0.25, 0.3) is 66.4 Å². The maximum absolute atomic E-state index is 6.56. The summed E-state index contributed by atoms with van der Waals surface area (Å²) in [5.74, 6) is 0. The first-order valence-electron chi connectivity index (χ1n) is 21.0. The van der Waals surface area contributed by atoms with Gasteiger partial charge in [-0.25, -0.2) is 0 Å². The van der Waals surface area contributed by atoms with Crippen molar-refractivity contribution in [3.05, 3.63) is 234 Å². The molecule has 0 radical (unpaired) electrons. The van der Waals surface area contributed by atoms with E-state index in [9.17, 15) is 0 Å². The van der Waals surface area contributed by atoms with Crippen molar-refractivity contribution in [2.75, 3.05) is 4.90 Å². The molecule has 9 aromatic carbocycles. The quantitative estimate of drug-likeness (QED) is 0.177. The van der Waals surface area contributed by atoms with E-state index in [1.54, 1.807) is 0 Å². The van der Waals surface area contributed by atoms with Gasteiger partial charge < -0.3 is 9.32 Å². The van der Waals surface area contributed by atoms with Gasteiger partial charge in [0.15, 0.2) is 0 Å². The number of nitrogens with zero attached hydrogens (tertiary/aromatic N) is 1. The Morgan fingerprint density at radius 3 is 1.60 bits per heavy atom. The molecule has 0 amide bonds. The highest BCUT2D eigenvalue weighted by Crippen LogP contribution is 2.64. The van der Waals surface area contributed by atoms with E-state index in [1.807, 2.05) is 0 Å². The summed E-state index contributed by atoms with van der Waals surface area (Å²) in [5, 5.41) is 2.22. The van der Waals surface area contributed by atoms with Crippen molar-refractivity contribution in [1.29, 1.82) is 0 Å². The summed E-state index contributed by atoms with van der Waals surface area (Å²) >= 11 is 0. The predicted molar refractivity (Wildman–Crippen MR) is 248 cm³/mol. The molecule has 0 fully saturated rings. The van der Waals surface area contributed by atoms with Crippen LogP contribution in [0.2, 0.25) is 0 Å². The molecule has 1 aromatic heterocycles. The van der Waals surface area contributed by atoms with Crippen LogP contribution in [0.15, 0.2) is 205 Å². The second-order valence-electron chi connectivity index (χ2n) is 17.2. The predicted octanol–water partition coefficient (Wildman–Crippen LogP) is 15.4. The Morgan fingerprint density at radius 1 is 0.367 bits per heavy atom. The normalized spacial score (nSPS) is 14.4. The highest BCUT2D eigenvalue weighted by atomic mass is 16.3. The topological polar surface area (TPSA) is 16.4 Å². The van der Waals surface area contributed by atoms with Gasteiger partial charge in [-0.2, -0.15) is 0 Å². The molecule has 10 aromatic rings. The van der Waals surface area contributed by atoms with Crippen LogP contribution in [-0.2, 0) is 10.8 Å². The van der Waals surface area contributed by atoms with Crippen LogP contribution in [-0.4, -0.2) is 0 Å². The van der Waals surface area contributed by atoms with Crippen LogP contribution in [0.1, 0.15) is 47.2 Å². The third-order valence-corrected chi connectivity index (χ3v) is 13.9. The first-order valence-corrected chi connectivity index (χ1v) is 21.0. The molecule has 2 heteroatoms. The van der Waals surface area contributed by atoms with E-state index >= 15 is 0 Å². The van der Waals surface area contributed by atoms with Crippen LogP contribution in [0, 0.1) is 0 Å². The first-order chi connectivity index (χ1) is 29.5. The highest BCUT2D eigenvalue weighted by molar-refractivity contribution is 6.13. The summed E-state index contributed by atoms with van der Waals surface area (Å²) in [6, 6.07) is 74.3. The van der Waals surface area contributed by atoms with Crippen molar-refractivity contribution in [2.24, 2.45) is 0 Å². The minimum Gasteiger partial charge on any atom is -0.456 e. The van der Waals surface area contributed by atoms with Gasteiger partial charge in [-0.15, -0.1) is 0 Å². The summed E-state index contributed by atoms with van der Waals surface area (Å²) in [5.41, 5.74) is 22.7. The Bertz CT molecular complexity index is 3380. The number of anilines is 3. The van der Waals surface area contributed by atoms with Crippen molar-refractivity contribution >= 4 is 39.0 Å². The maximum Gasteiger partial charge on any atom is 0.137 e. The minimum absolute atomic E-state index is 0.153. The summed E-state index contributed by atoms with van der Waals surface area (Å²) in [6.07, 6.45) is 0. The monoisotopic (exact) mass is 765 g/mol. The number of rotatable bonds is 4. The fourth-order valence-electron chi connectivity index (χ4n) is 11.3. The fourth-order valence-corrected chi connectivity index (χ4v) is 11.3. The molecule has 0 atom stereocenters. The van der Waals surface area contributed by atoms with Crippen molar-refractivity contribution < 1.29 is 4.42 Å². The van der Waals surface area contributed by atoms with Gasteiger partial charge in [0.2, 0.25) is 0 Å². The molecular formula is C58H39NO. The molecule has 1 heterocycles. The molecule has 0 saturated carbocycles. The maximum atomic E-state index is 6.56. The summed E-state index contributed by atoms with van der Waals surface area (Å²) < 4.78 is 6.56. The van der Waals surface area contributed by atoms with E-state index in [0.29, 0.717) is 0 Å². The van der Waals surface area contributed by atoms with Crippen LogP contribution >= 0.6 is 0 Å². The number of hydrogen-bond acceptors (Lipinski definition) is 2. The lowest BCUT2D eigenvalue weighted by Gasteiger charge is -2.33. The van der Waals surface area contributed by atoms with Gasteiger partial charge >= 0.3 is 0 Å². The zero-order chi connectivity index (χ0) is 39.7. The summed E-state index contributed by atoms with van der Waals surface area (Å²) in [7, 11) is 0. The highest BCUT2D eigenvalue weighted by Gasteiger charge is 2.52. The van der Waals surface area contributed by atoms with E-state index in [1.165, 1.54) is 77.9 Å². The molecule has 3 aliphatic carbocycles. The average Bonchev–Trinajstić information content (AvgIpc) is 3.99. The Balaban J connectivity index is 1.11. The molecule has 0 saturated heterocycles. The van der Waals surface area contributed by atoms with Crippen molar-refractivity contribution in [1.82, 2.24) is 0 Å². The summed E-state index contributed by atoms with van der Waals surface area (Å²) in [4.78, 5) is 2.49. The smallest absolute Gasteiger partial charge is 0.137 e. The minimum atomic E-state index is -0.514. The second kappa shape index (κ2) is 12.1. The van der Waals surface area contributed by atoms with Crippen molar-refractivity contribution in [3.63, 3.8) is 0 Å². The molecule has 0 aliphatic heterocycles. The molecule has 282 valence electrons. The first kappa shape index (κ1) is 33.5. The van der Waals surface area contributed by atoms with E-state index in [2.05, 4.69) is 219 Å². The zero-order valence-electron chi connectivity index (χ0n) is 33.4. The molecule has 1 spiro atoms. The van der Waals surface area contributed by atoms with E-state index in [4.69, 9.17) is 4.42 Å². The Kier molecular flexibility index (Phi) is 6.74. The number of hydrogen-bond donors (Lipinski definition) is 0. The largest absolute Gasteiger partial charge is 0.456 e. The Morgan fingerprint density at radius 2 is 0.883 bits per heavy atom. The van der Waals surface area contributed by atoms with Gasteiger partial charge in [0.25, 0.3) is 0 Å². The van der Waals surface area contributed by atoms with Crippen molar-refractivity contribution in [2.45, 2.75) is 24.7 Å². The van der Waals surface area contributed by atoms with E-state index in [-0.39, 0.29) is 5.41 Å². The number of para-hydroxylation sites is 1. The lowest BCUT2D eigenvalue weighted by Crippen LogP contribution is -2.26. The Hall–Kier alpha value is -7.42. The molecule has 0 unspecified atom stereocenters. The summed E-state index contributed by atoms with van der Waals surface area (Å²) in [6.45, 7) is 4.73. The van der Waals surface area contributed by atoms with Crippen LogP contribution < -0.4 is 4.90 Å². The van der Waals surface area contributed by atoms with Crippen molar-refractivity contribution in [3.8, 4) is 44.5 Å². The van der Waals surface area contributed by atoms with Gasteiger partial charge in [0.1, 0.15) is 11.2 Å². The standard InChI is InChI=1S/C58H39NO/c1-57(2)47-21-10-6-17-40(47)43-31-28-38(34-50(43)57)59(53-24-14-26-55-56(53)46-20-9-13-25-54(46)60-55)39-29-32-45-44-30-27-37(36-15-4-3-5-16-36)33-51(44)58(52(45)35-39)48-22-11-7-18-41(48)42-19-8-12-23-49(42)58/h3-35H,1-2H3. The molecule has 2 nitrogen and oxygen atoms in total.